The number of hydrogen-bond acceptors (Lipinski definition) is 3. The van der Waals surface area contributed by atoms with Crippen molar-refractivity contribution in [3.63, 3.8) is 0 Å². The van der Waals surface area contributed by atoms with E-state index in [-0.39, 0.29) is 5.41 Å². The summed E-state index contributed by atoms with van der Waals surface area (Å²) in [6, 6.07) is 4.18. The number of nitrogens with two attached hydrogens (primary N) is 1. The molecule has 0 aromatic heterocycles. The minimum atomic E-state index is 0.0744. The van der Waals surface area contributed by atoms with Gasteiger partial charge in [0, 0.05) is 22.0 Å². The maximum absolute atomic E-state index is 6.37. The standard InChI is InChI=1S/C17H24BrNO2/c1-20-15-10-12(18)9-14(17(11-19)7-4-8-17)16(15)21-13-5-2-3-6-13/h9-10,13H,2-8,11,19H2,1H3. The third-order valence-electron chi connectivity index (χ3n) is 5.10. The number of ether oxygens (including phenoxy) is 2. The Labute approximate surface area is 135 Å². The van der Waals surface area contributed by atoms with Crippen molar-refractivity contribution < 1.29 is 9.47 Å². The molecule has 2 aliphatic rings. The summed E-state index contributed by atoms with van der Waals surface area (Å²) in [5, 5.41) is 0. The predicted molar refractivity (Wildman–Crippen MR) is 88.2 cm³/mol. The van der Waals surface area contributed by atoms with Crippen LogP contribution < -0.4 is 15.2 Å². The normalized spacial score (nSPS) is 21.1. The molecular formula is C17H24BrNO2. The minimum Gasteiger partial charge on any atom is -0.493 e. The van der Waals surface area contributed by atoms with Crippen LogP contribution in [-0.4, -0.2) is 19.8 Å². The van der Waals surface area contributed by atoms with Gasteiger partial charge in [0.2, 0.25) is 0 Å². The van der Waals surface area contributed by atoms with Crippen LogP contribution in [0, 0.1) is 0 Å². The minimum absolute atomic E-state index is 0.0744. The average molecular weight is 354 g/mol. The van der Waals surface area contributed by atoms with E-state index >= 15 is 0 Å². The third kappa shape index (κ3) is 2.80. The van der Waals surface area contributed by atoms with Crippen LogP contribution in [0.2, 0.25) is 0 Å². The smallest absolute Gasteiger partial charge is 0.165 e. The van der Waals surface area contributed by atoms with Crippen LogP contribution in [0.1, 0.15) is 50.5 Å². The maximum atomic E-state index is 6.37. The maximum Gasteiger partial charge on any atom is 0.165 e. The van der Waals surface area contributed by atoms with Crippen LogP contribution in [-0.2, 0) is 5.41 Å². The fraction of sp³-hybridized carbons (Fsp3) is 0.647. The Morgan fingerprint density at radius 2 is 1.95 bits per heavy atom. The predicted octanol–water partition coefficient (Wildman–Crippen LogP) is 4.16. The summed E-state index contributed by atoms with van der Waals surface area (Å²) in [7, 11) is 1.71. The van der Waals surface area contributed by atoms with Crippen LogP contribution >= 0.6 is 15.9 Å². The lowest BCUT2D eigenvalue weighted by Gasteiger charge is -2.42. The second-order valence-corrected chi connectivity index (χ2v) is 7.26. The summed E-state index contributed by atoms with van der Waals surface area (Å²) in [6.07, 6.45) is 8.68. The van der Waals surface area contributed by atoms with Gasteiger partial charge < -0.3 is 15.2 Å². The largest absolute Gasteiger partial charge is 0.493 e. The lowest BCUT2D eigenvalue weighted by molar-refractivity contribution is 0.182. The molecule has 4 heteroatoms. The van der Waals surface area contributed by atoms with Crippen molar-refractivity contribution in [3.8, 4) is 11.5 Å². The lowest BCUT2D eigenvalue weighted by Crippen LogP contribution is -2.42. The molecule has 0 saturated heterocycles. The SMILES string of the molecule is COc1cc(Br)cc(C2(CN)CCC2)c1OC1CCCC1. The highest BCUT2D eigenvalue weighted by molar-refractivity contribution is 9.10. The molecule has 0 unspecified atom stereocenters. The van der Waals surface area contributed by atoms with E-state index in [1.54, 1.807) is 7.11 Å². The molecule has 3 nitrogen and oxygen atoms in total. The van der Waals surface area contributed by atoms with Gasteiger partial charge in [0.15, 0.2) is 11.5 Å². The molecule has 0 radical (unpaired) electrons. The first kappa shape index (κ1) is 15.2. The van der Waals surface area contributed by atoms with Crippen molar-refractivity contribution in [2.24, 2.45) is 5.73 Å². The number of methoxy groups -OCH3 is 1. The quantitative estimate of drug-likeness (QED) is 0.864. The highest BCUT2D eigenvalue weighted by atomic mass is 79.9. The molecule has 0 heterocycles. The highest BCUT2D eigenvalue weighted by Crippen LogP contribution is 2.50. The second kappa shape index (κ2) is 6.17. The Hall–Kier alpha value is -0.740. The number of benzene rings is 1. The van der Waals surface area contributed by atoms with E-state index in [4.69, 9.17) is 15.2 Å². The fourth-order valence-corrected chi connectivity index (χ4v) is 4.03. The molecule has 0 atom stereocenters. The molecule has 0 amide bonds. The number of halogens is 1. The van der Waals surface area contributed by atoms with Gasteiger partial charge in [-0.2, -0.15) is 0 Å². The van der Waals surface area contributed by atoms with Crippen molar-refractivity contribution >= 4 is 15.9 Å². The molecule has 3 rings (SSSR count). The lowest BCUT2D eigenvalue weighted by atomic mass is 9.64. The molecule has 1 aromatic rings. The van der Waals surface area contributed by atoms with E-state index in [0.29, 0.717) is 12.6 Å². The molecule has 2 fully saturated rings. The first-order valence-electron chi connectivity index (χ1n) is 7.93. The number of rotatable bonds is 5. The van der Waals surface area contributed by atoms with Crippen LogP contribution in [0.25, 0.3) is 0 Å². The topological polar surface area (TPSA) is 44.5 Å². The molecular weight excluding hydrogens is 330 g/mol. The molecule has 0 bridgehead atoms. The van der Waals surface area contributed by atoms with E-state index in [9.17, 15) is 0 Å². The van der Waals surface area contributed by atoms with Gasteiger partial charge >= 0.3 is 0 Å². The van der Waals surface area contributed by atoms with E-state index < -0.39 is 0 Å². The van der Waals surface area contributed by atoms with Crippen LogP contribution in [0.15, 0.2) is 16.6 Å². The first-order valence-corrected chi connectivity index (χ1v) is 8.72. The zero-order chi connectivity index (χ0) is 14.9. The van der Waals surface area contributed by atoms with Crippen molar-refractivity contribution in [1.82, 2.24) is 0 Å². The third-order valence-corrected chi connectivity index (χ3v) is 5.56. The second-order valence-electron chi connectivity index (χ2n) is 6.35. The molecule has 2 saturated carbocycles. The summed E-state index contributed by atoms with van der Waals surface area (Å²) in [5.41, 5.74) is 7.41. The Morgan fingerprint density at radius 1 is 1.24 bits per heavy atom. The van der Waals surface area contributed by atoms with Gasteiger partial charge in [-0.05, 0) is 50.7 Å². The zero-order valence-corrected chi connectivity index (χ0v) is 14.2. The molecule has 21 heavy (non-hydrogen) atoms. The van der Waals surface area contributed by atoms with Gasteiger partial charge in [-0.15, -0.1) is 0 Å². The zero-order valence-electron chi connectivity index (χ0n) is 12.7. The summed E-state index contributed by atoms with van der Waals surface area (Å²) >= 11 is 3.60. The van der Waals surface area contributed by atoms with Gasteiger partial charge in [-0.3, -0.25) is 0 Å². The first-order chi connectivity index (χ1) is 10.2. The molecule has 0 spiro atoms. The highest BCUT2D eigenvalue weighted by Gasteiger charge is 2.41. The molecule has 2 aliphatic carbocycles. The molecule has 1 aromatic carbocycles. The van der Waals surface area contributed by atoms with Gasteiger partial charge in [0.05, 0.1) is 13.2 Å². The van der Waals surface area contributed by atoms with Crippen molar-refractivity contribution in [1.29, 1.82) is 0 Å². The Morgan fingerprint density at radius 3 is 2.48 bits per heavy atom. The summed E-state index contributed by atoms with van der Waals surface area (Å²) in [4.78, 5) is 0. The Balaban J connectivity index is 2.01. The van der Waals surface area contributed by atoms with Crippen LogP contribution in [0.4, 0.5) is 0 Å². The van der Waals surface area contributed by atoms with Crippen molar-refractivity contribution in [2.75, 3.05) is 13.7 Å². The summed E-state index contributed by atoms with van der Waals surface area (Å²) < 4.78 is 13.0. The van der Waals surface area contributed by atoms with Crippen LogP contribution in [0.3, 0.4) is 0 Å². The number of hydrogen-bond donors (Lipinski definition) is 1. The van der Waals surface area contributed by atoms with E-state index in [1.807, 2.05) is 6.07 Å². The van der Waals surface area contributed by atoms with Crippen molar-refractivity contribution in [2.45, 2.75) is 56.5 Å². The van der Waals surface area contributed by atoms with Crippen LogP contribution in [0.5, 0.6) is 11.5 Å². The molecule has 0 aliphatic heterocycles. The van der Waals surface area contributed by atoms with E-state index in [0.717, 1.165) is 41.7 Å². The van der Waals surface area contributed by atoms with Gasteiger partial charge in [0.1, 0.15) is 0 Å². The van der Waals surface area contributed by atoms with Crippen molar-refractivity contribution in [3.05, 3.63) is 22.2 Å². The molecule has 116 valence electrons. The van der Waals surface area contributed by atoms with E-state index in [1.165, 1.54) is 24.8 Å². The van der Waals surface area contributed by atoms with E-state index in [2.05, 4.69) is 22.0 Å². The average Bonchev–Trinajstić information content (AvgIpc) is 2.93. The monoisotopic (exact) mass is 353 g/mol. The van der Waals surface area contributed by atoms with Gasteiger partial charge in [-0.25, -0.2) is 0 Å². The Kier molecular flexibility index (Phi) is 4.46. The molecule has 2 N–H and O–H groups in total. The summed E-state index contributed by atoms with van der Waals surface area (Å²) in [6.45, 7) is 0.674. The fourth-order valence-electron chi connectivity index (χ4n) is 3.60. The summed E-state index contributed by atoms with van der Waals surface area (Å²) in [5.74, 6) is 1.75. The van der Waals surface area contributed by atoms with Gasteiger partial charge in [-0.1, -0.05) is 22.4 Å². The Bertz CT molecular complexity index is 502. The van der Waals surface area contributed by atoms with Gasteiger partial charge in [0.25, 0.3) is 0 Å².